The van der Waals surface area contributed by atoms with Crippen molar-refractivity contribution in [1.82, 2.24) is 5.32 Å². The van der Waals surface area contributed by atoms with Crippen molar-refractivity contribution in [2.24, 2.45) is 11.8 Å². The molecule has 0 amide bonds. The summed E-state index contributed by atoms with van der Waals surface area (Å²) in [6.45, 7) is 11.6. The van der Waals surface area contributed by atoms with Gasteiger partial charge in [-0.25, -0.2) is 0 Å². The molecule has 0 aromatic rings. The van der Waals surface area contributed by atoms with Gasteiger partial charge in [-0.05, 0) is 51.9 Å². The first-order chi connectivity index (χ1) is 6.73. The highest BCUT2D eigenvalue weighted by molar-refractivity contribution is 4.92. The van der Waals surface area contributed by atoms with Gasteiger partial charge in [0.1, 0.15) is 0 Å². The summed E-state index contributed by atoms with van der Waals surface area (Å²) >= 11 is 0. The van der Waals surface area contributed by atoms with Crippen molar-refractivity contribution in [3.05, 3.63) is 0 Å². The van der Waals surface area contributed by atoms with Crippen molar-refractivity contribution in [1.29, 1.82) is 0 Å². The van der Waals surface area contributed by atoms with E-state index in [2.05, 4.69) is 39.9 Å². The molecule has 0 aromatic heterocycles. The zero-order valence-corrected chi connectivity index (χ0v) is 10.9. The van der Waals surface area contributed by atoms with Crippen molar-refractivity contribution in [2.75, 3.05) is 6.54 Å². The molecule has 0 aromatic carbocycles. The van der Waals surface area contributed by atoms with Crippen LogP contribution in [0, 0.1) is 11.8 Å². The predicted octanol–water partition coefficient (Wildman–Crippen LogP) is 2.56. The molecule has 1 aliphatic rings. The molecule has 0 heterocycles. The Kier molecular flexibility index (Phi) is 3.83. The van der Waals surface area contributed by atoms with Crippen LogP contribution in [-0.4, -0.2) is 22.8 Å². The van der Waals surface area contributed by atoms with E-state index >= 15 is 0 Å². The number of nitrogens with one attached hydrogen (secondary N) is 1. The fourth-order valence-corrected chi connectivity index (χ4v) is 2.36. The van der Waals surface area contributed by atoms with Crippen molar-refractivity contribution >= 4 is 0 Å². The molecular weight excluding hydrogens is 186 g/mol. The van der Waals surface area contributed by atoms with Crippen molar-refractivity contribution in [2.45, 2.75) is 65.0 Å². The summed E-state index contributed by atoms with van der Waals surface area (Å²) in [5.41, 5.74) is -0.391. The number of rotatable bonds is 2. The highest BCUT2D eigenvalue weighted by Crippen LogP contribution is 2.36. The molecule has 2 nitrogen and oxygen atoms in total. The highest BCUT2D eigenvalue weighted by atomic mass is 16.3. The number of hydrogen-bond donors (Lipinski definition) is 2. The fraction of sp³-hybridized carbons (Fsp3) is 1.00. The van der Waals surface area contributed by atoms with Crippen LogP contribution in [0.25, 0.3) is 0 Å². The first-order valence-corrected chi connectivity index (χ1v) is 6.20. The Morgan fingerprint density at radius 2 is 1.93 bits per heavy atom. The minimum atomic E-state index is -0.486. The summed E-state index contributed by atoms with van der Waals surface area (Å²) in [6, 6.07) is 0. The zero-order valence-electron chi connectivity index (χ0n) is 10.9. The van der Waals surface area contributed by atoms with Gasteiger partial charge in [0.05, 0.1) is 5.60 Å². The quantitative estimate of drug-likeness (QED) is 0.739. The summed E-state index contributed by atoms with van der Waals surface area (Å²) in [6.07, 6.45) is 3.26. The molecule has 0 spiro atoms. The average molecular weight is 213 g/mol. The van der Waals surface area contributed by atoms with Crippen LogP contribution in [0.3, 0.4) is 0 Å². The molecule has 3 atom stereocenters. The minimum absolute atomic E-state index is 0.0957. The molecule has 1 saturated carbocycles. The van der Waals surface area contributed by atoms with Crippen LogP contribution in [0.5, 0.6) is 0 Å². The second-order valence-corrected chi connectivity index (χ2v) is 6.49. The SMILES string of the molecule is CC1CCC(O)(CNC(C)(C)C)C(C)C1. The lowest BCUT2D eigenvalue weighted by molar-refractivity contribution is -0.0544. The Labute approximate surface area is 94.5 Å². The Bertz CT molecular complexity index is 209. The van der Waals surface area contributed by atoms with E-state index < -0.39 is 5.60 Å². The van der Waals surface area contributed by atoms with Crippen LogP contribution in [0.15, 0.2) is 0 Å². The molecule has 1 fully saturated rings. The zero-order chi connectivity index (χ0) is 11.7. The van der Waals surface area contributed by atoms with E-state index in [4.69, 9.17) is 0 Å². The third-order valence-electron chi connectivity index (χ3n) is 3.67. The molecule has 0 radical (unpaired) electrons. The second-order valence-electron chi connectivity index (χ2n) is 6.49. The average Bonchev–Trinajstić information content (AvgIpc) is 2.08. The van der Waals surface area contributed by atoms with E-state index in [0.29, 0.717) is 5.92 Å². The summed E-state index contributed by atoms with van der Waals surface area (Å²) in [4.78, 5) is 0. The van der Waals surface area contributed by atoms with Crippen LogP contribution < -0.4 is 5.32 Å². The Morgan fingerprint density at radius 3 is 2.40 bits per heavy atom. The summed E-state index contributed by atoms with van der Waals surface area (Å²) in [5, 5.41) is 14.0. The van der Waals surface area contributed by atoms with Crippen LogP contribution in [0.2, 0.25) is 0 Å². The monoisotopic (exact) mass is 213 g/mol. The molecule has 1 aliphatic carbocycles. The molecule has 0 aliphatic heterocycles. The van der Waals surface area contributed by atoms with Crippen molar-refractivity contribution in [3.8, 4) is 0 Å². The first-order valence-electron chi connectivity index (χ1n) is 6.20. The summed E-state index contributed by atoms with van der Waals surface area (Å²) in [5.74, 6) is 1.19. The second kappa shape index (κ2) is 4.42. The van der Waals surface area contributed by atoms with Crippen LogP contribution in [0.4, 0.5) is 0 Å². The lowest BCUT2D eigenvalue weighted by Crippen LogP contribution is -2.53. The van der Waals surface area contributed by atoms with E-state index in [0.717, 1.165) is 31.7 Å². The van der Waals surface area contributed by atoms with E-state index in [1.54, 1.807) is 0 Å². The van der Waals surface area contributed by atoms with Gasteiger partial charge < -0.3 is 10.4 Å². The van der Waals surface area contributed by atoms with Gasteiger partial charge >= 0.3 is 0 Å². The highest BCUT2D eigenvalue weighted by Gasteiger charge is 2.38. The van der Waals surface area contributed by atoms with Gasteiger partial charge in [0.2, 0.25) is 0 Å². The number of aliphatic hydroxyl groups is 1. The summed E-state index contributed by atoms with van der Waals surface area (Å²) < 4.78 is 0. The van der Waals surface area contributed by atoms with Gasteiger partial charge in [0.15, 0.2) is 0 Å². The van der Waals surface area contributed by atoms with E-state index in [1.807, 2.05) is 0 Å². The topological polar surface area (TPSA) is 32.3 Å². The minimum Gasteiger partial charge on any atom is -0.388 e. The summed E-state index contributed by atoms with van der Waals surface area (Å²) in [7, 11) is 0. The normalized spacial score (nSPS) is 38.0. The molecular formula is C13H27NO. The number of hydrogen-bond acceptors (Lipinski definition) is 2. The maximum absolute atomic E-state index is 10.6. The smallest absolute Gasteiger partial charge is 0.0797 e. The maximum Gasteiger partial charge on any atom is 0.0797 e. The van der Waals surface area contributed by atoms with Crippen molar-refractivity contribution < 1.29 is 5.11 Å². The van der Waals surface area contributed by atoms with Crippen LogP contribution in [-0.2, 0) is 0 Å². The fourth-order valence-electron chi connectivity index (χ4n) is 2.36. The number of β-amino-alcohol motifs (C(OH)–C–C–N with tert-alkyl or cyclic N) is 1. The van der Waals surface area contributed by atoms with Gasteiger partial charge in [-0.3, -0.25) is 0 Å². The van der Waals surface area contributed by atoms with Gasteiger partial charge in [-0.15, -0.1) is 0 Å². The lowest BCUT2D eigenvalue weighted by atomic mass is 9.72. The molecule has 3 unspecified atom stereocenters. The molecule has 0 saturated heterocycles. The van der Waals surface area contributed by atoms with Crippen LogP contribution in [0.1, 0.15) is 53.9 Å². The molecule has 90 valence electrons. The van der Waals surface area contributed by atoms with E-state index in [1.165, 1.54) is 0 Å². The lowest BCUT2D eigenvalue weighted by Gasteiger charge is -2.42. The Hall–Kier alpha value is -0.0800. The molecule has 2 heteroatoms. The van der Waals surface area contributed by atoms with Gasteiger partial charge in [0, 0.05) is 12.1 Å². The third-order valence-corrected chi connectivity index (χ3v) is 3.67. The third kappa shape index (κ3) is 3.76. The maximum atomic E-state index is 10.6. The van der Waals surface area contributed by atoms with Crippen molar-refractivity contribution in [3.63, 3.8) is 0 Å². The largest absolute Gasteiger partial charge is 0.388 e. The van der Waals surface area contributed by atoms with E-state index in [-0.39, 0.29) is 5.54 Å². The first kappa shape index (κ1) is 13.0. The molecule has 2 N–H and O–H groups in total. The molecule has 1 rings (SSSR count). The predicted molar refractivity (Wildman–Crippen MR) is 64.9 cm³/mol. The Morgan fingerprint density at radius 1 is 1.33 bits per heavy atom. The van der Waals surface area contributed by atoms with E-state index in [9.17, 15) is 5.11 Å². The molecule has 15 heavy (non-hydrogen) atoms. The Balaban J connectivity index is 2.51. The molecule has 0 bridgehead atoms. The van der Waals surface area contributed by atoms with Gasteiger partial charge in [-0.2, -0.15) is 0 Å². The standard InChI is InChI=1S/C13H27NO/c1-10-6-7-13(15,11(2)8-10)9-14-12(3,4)5/h10-11,14-15H,6-9H2,1-5H3. The van der Waals surface area contributed by atoms with Gasteiger partial charge in [0.25, 0.3) is 0 Å². The van der Waals surface area contributed by atoms with Crippen LogP contribution >= 0.6 is 0 Å². The van der Waals surface area contributed by atoms with Gasteiger partial charge in [-0.1, -0.05) is 13.8 Å².